The van der Waals surface area contributed by atoms with Gasteiger partial charge in [-0.3, -0.25) is 18.7 Å². The number of rotatable bonds is 6. The Bertz CT molecular complexity index is 1520. The number of nitrogens with one attached hydrogen (secondary N) is 1. The fourth-order valence-corrected chi connectivity index (χ4v) is 3.66. The van der Waals surface area contributed by atoms with Crippen molar-refractivity contribution in [1.82, 2.24) is 9.13 Å². The van der Waals surface area contributed by atoms with Crippen LogP contribution >= 0.6 is 0 Å². The normalized spacial score (nSPS) is 10.9. The molecule has 2 N–H and O–H groups in total. The molecule has 0 aliphatic carbocycles. The minimum atomic E-state index is -1.07. The number of hydrogen-bond donors (Lipinski definition) is 2. The second-order valence-electron chi connectivity index (χ2n) is 7.82. The minimum absolute atomic E-state index is 0.0299. The number of aryl methyl sites for hydroxylation is 1. The summed E-state index contributed by atoms with van der Waals surface area (Å²) in [4.78, 5) is 49.4. The van der Waals surface area contributed by atoms with Crippen LogP contribution in [-0.4, -0.2) is 26.1 Å². The Hall–Kier alpha value is -4.53. The number of benzene rings is 3. The first-order valence-electron chi connectivity index (χ1n) is 10.3. The Morgan fingerprint density at radius 3 is 2.24 bits per heavy atom. The zero-order chi connectivity index (χ0) is 24.4. The fourth-order valence-electron chi connectivity index (χ4n) is 3.66. The first-order chi connectivity index (χ1) is 16.2. The second-order valence-corrected chi connectivity index (χ2v) is 7.82. The molecule has 0 saturated carbocycles. The molecular weight excluding hydrogens is 441 g/mol. The van der Waals surface area contributed by atoms with E-state index < -0.39 is 23.0 Å². The van der Waals surface area contributed by atoms with E-state index in [1.807, 2.05) is 0 Å². The largest absolute Gasteiger partial charge is 0.478 e. The molecule has 0 bridgehead atoms. The van der Waals surface area contributed by atoms with Crippen molar-refractivity contribution in [3.05, 3.63) is 110 Å². The van der Waals surface area contributed by atoms with E-state index in [0.717, 1.165) is 4.57 Å². The Labute approximate surface area is 192 Å². The number of aromatic carboxylic acids is 1. The molecule has 8 nitrogen and oxygen atoms in total. The van der Waals surface area contributed by atoms with Crippen LogP contribution in [0.25, 0.3) is 10.9 Å². The number of carboxylic acid groups (broad SMARTS) is 1. The highest BCUT2D eigenvalue weighted by atomic mass is 19.1. The highest BCUT2D eigenvalue weighted by molar-refractivity contribution is 5.94. The third kappa shape index (κ3) is 4.63. The number of halogens is 1. The van der Waals surface area contributed by atoms with Gasteiger partial charge in [0.2, 0.25) is 5.91 Å². The van der Waals surface area contributed by atoms with Gasteiger partial charge in [0.25, 0.3) is 5.56 Å². The van der Waals surface area contributed by atoms with Gasteiger partial charge in [0.05, 0.1) is 29.4 Å². The summed E-state index contributed by atoms with van der Waals surface area (Å²) in [5.74, 6) is -1.80. The van der Waals surface area contributed by atoms with E-state index in [1.165, 1.54) is 47.0 Å². The fraction of sp³-hybridized carbons (Fsp3) is 0.120. The molecule has 9 heteroatoms. The summed E-state index contributed by atoms with van der Waals surface area (Å²) in [6.45, 7) is -0.0392. The van der Waals surface area contributed by atoms with Crippen LogP contribution in [0.5, 0.6) is 0 Å². The number of amides is 1. The van der Waals surface area contributed by atoms with Crippen molar-refractivity contribution in [1.29, 1.82) is 0 Å². The van der Waals surface area contributed by atoms with Crippen LogP contribution < -0.4 is 16.6 Å². The van der Waals surface area contributed by atoms with Gasteiger partial charge in [-0.1, -0.05) is 24.3 Å². The van der Waals surface area contributed by atoms with Crippen molar-refractivity contribution in [3.63, 3.8) is 0 Å². The molecule has 3 aromatic carbocycles. The van der Waals surface area contributed by atoms with Gasteiger partial charge < -0.3 is 10.4 Å². The summed E-state index contributed by atoms with van der Waals surface area (Å²) in [5, 5.41) is 12.0. The van der Waals surface area contributed by atoms with Gasteiger partial charge in [-0.15, -0.1) is 0 Å². The molecule has 4 rings (SSSR count). The maximum Gasteiger partial charge on any atom is 0.335 e. The smallest absolute Gasteiger partial charge is 0.335 e. The quantitative estimate of drug-likeness (QED) is 0.459. The van der Waals surface area contributed by atoms with E-state index in [4.69, 9.17) is 5.11 Å². The Morgan fingerprint density at radius 2 is 1.59 bits per heavy atom. The summed E-state index contributed by atoms with van der Waals surface area (Å²) >= 11 is 0. The van der Waals surface area contributed by atoms with E-state index in [2.05, 4.69) is 5.32 Å². The predicted molar refractivity (Wildman–Crippen MR) is 125 cm³/mol. The zero-order valence-electron chi connectivity index (χ0n) is 18.1. The van der Waals surface area contributed by atoms with Crippen LogP contribution in [0, 0.1) is 5.82 Å². The standard InChI is InChI=1S/C25H20FN3O5/c1-28-21-11-10-19(27-22(30)12-15-4-8-18(26)9-5-15)13-20(21)23(31)29(25(28)34)14-16-2-6-17(7-3-16)24(32)33/h2-11,13H,12,14H2,1H3,(H,27,30)(H,32,33). The lowest BCUT2D eigenvalue weighted by atomic mass is 10.1. The number of hydrogen-bond acceptors (Lipinski definition) is 4. The second kappa shape index (κ2) is 9.14. The lowest BCUT2D eigenvalue weighted by Gasteiger charge is -2.12. The lowest BCUT2D eigenvalue weighted by Crippen LogP contribution is -2.39. The number of fused-ring (bicyclic) bond motifs is 1. The van der Waals surface area contributed by atoms with Gasteiger partial charge in [-0.2, -0.15) is 0 Å². The molecule has 0 saturated heterocycles. The van der Waals surface area contributed by atoms with E-state index in [9.17, 15) is 23.6 Å². The molecule has 0 radical (unpaired) electrons. The van der Waals surface area contributed by atoms with Crippen molar-refractivity contribution < 1.29 is 19.1 Å². The van der Waals surface area contributed by atoms with Gasteiger partial charge in [-0.05, 0) is 53.6 Å². The number of nitrogens with zero attached hydrogens (tertiary/aromatic N) is 2. The van der Waals surface area contributed by atoms with Crippen LogP contribution in [0.1, 0.15) is 21.5 Å². The number of aromatic nitrogens is 2. The average Bonchev–Trinajstić information content (AvgIpc) is 2.82. The number of carboxylic acids is 1. The molecule has 0 aliphatic rings. The molecule has 1 amide bonds. The maximum atomic E-state index is 13.1. The average molecular weight is 461 g/mol. The number of carbonyl (C=O) groups excluding carboxylic acids is 1. The summed E-state index contributed by atoms with van der Waals surface area (Å²) < 4.78 is 15.5. The Morgan fingerprint density at radius 1 is 0.941 bits per heavy atom. The summed E-state index contributed by atoms with van der Waals surface area (Å²) in [7, 11) is 1.54. The molecule has 0 aliphatic heterocycles. The molecule has 172 valence electrons. The van der Waals surface area contributed by atoms with Crippen LogP contribution in [0.2, 0.25) is 0 Å². The van der Waals surface area contributed by atoms with Crippen molar-refractivity contribution in [2.24, 2.45) is 7.05 Å². The van der Waals surface area contributed by atoms with Gasteiger partial charge in [0, 0.05) is 12.7 Å². The topological polar surface area (TPSA) is 110 Å². The third-order valence-corrected chi connectivity index (χ3v) is 5.45. The highest BCUT2D eigenvalue weighted by Crippen LogP contribution is 2.16. The predicted octanol–water partition coefficient (Wildman–Crippen LogP) is 2.77. The van der Waals surface area contributed by atoms with Gasteiger partial charge in [0.1, 0.15) is 5.82 Å². The van der Waals surface area contributed by atoms with Gasteiger partial charge in [0.15, 0.2) is 0 Å². The molecule has 1 heterocycles. The van der Waals surface area contributed by atoms with Crippen molar-refractivity contribution in [2.75, 3.05) is 5.32 Å². The van der Waals surface area contributed by atoms with Gasteiger partial charge >= 0.3 is 11.7 Å². The monoisotopic (exact) mass is 461 g/mol. The highest BCUT2D eigenvalue weighted by Gasteiger charge is 2.14. The molecule has 34 heavy (non-hydrogen) atoms. The molecule has 4 aromatic rings. The third-order valence-electron chi connectivity index (χ3n) is 5.45. The summed E-state index contributed by atoms with van der Waals surface area (Å²) in [6.07, 6.45) is 0.0299. The maximum absolute atomic E-state index is 13.1. The van der Waals surface area contributed by atoms with Crippen LogP contribution in [0.3, 0.4) is 0 Å². The SMILES string of the molecule is Cn1c(=O)n(Cc2ccc(C(=O)O)cc2)c(=O)c2cc(NC(=O)Cc3ccc(F)cc3)ccc21. The van der Waals surface area contributed by atoms with Gasteiger partial charge in [-0.25, -0.2) is 14.0 Å². The molecule has 1 aromatic heterocycles. The molecule has 0 unspecified atom stereocenters. The van der Waals surface area contributed by atoms with Crippen LogP contribution in [0.4, 0.5) is 10.1 Å². The molecule has 0 spiro atoms. The van der Waals surface area contributed by atoms with Crippen molar-refractivity contribution >= 4 is 28.5 Å². The minimum Gasteiger partial charge on any atom is -0.478 e. The summed E-state index contributed by atoms with van der Waals surface area (Å²) in [6, 6.07) is 16.2. The Balaban J connectivity index is 1.64. The number of carbonyl (C=O) groups is 2. The van der Waals surface area contributed by atoms with E-state index >= 15 is 0 Å². The summed E-state index contributed by atoms with van der Waals surface area (Å²) in [5.41, 5.74) is 1.06. The van der Waals surface area contributed by atoms with Crippen molar-refractivity contribution in [2.45, 2.75) is 13.0 Å². The zero-order valence-corrected chi connectivity index (χ0v) is 18.1. The van der Waals surface area contributed by atoms with Crippen molar-refractivity contribution in [3.8, 4) is 0 Å². The van der Waals surface area contributed by atoms with Crippen LogP contribution in [-0.2, 0) is 24.8 Å². The van der Waals surface area contributed by atoms with E-state index in [-0.39, 0.29) is 29.8 Å². The molecular formula is C25H20FN3O5. The molecule has 0 atom stereocenters. The molecule has 0 fully saturated rings. The van der Waals surface area contributed by atoms with Crippen LogP contribution in [0.15, 0.2) is 76.3 Å². The Kier molecular flexibility index (Phi) is 6.09. The first kappa shape index (κ1) is 22.7. The van der Waals surface area contributed by atoms with E-state index in [0.29, 0.717) is 22.3 Å². The van der Waals surface area contributed by atoms with E-state index in [1.54, 1.807) is 31.3 Å². The lowest BCUT2D eigenvalue weighted by molar-refractivity contribution is -0.115. The first-order valence-corrected chi connectivity index (χ1v) is 10.3. The number of anilines is 1.